The third-order valence-corrected chi connectivity index (χ3v) is 7.63. The van der Waals surface area contributed by atoms with E-state index >= 15 is 8.78 Å². The van der Waals surface area contributed by atoms with Crippen molar-refractivity contribution in [3.8, 4) is 11.1 Å². The molecule has 0 N–H and O–H groups in total. The molecule has 2 aliphatic carbocycles. The Balaban J connectivity index is 1.50. The smallest absolute Gasteiger partial charge is 0.212 e. The summed E-state index contributed by atoms with van der Waals surface area (Å²) in [5.41, 5.74) is 0.823. The maximum atomic E-state index is 15.0. The molecule has 194 valence electrons. The van der Waals surface area contributed by atoms with Gasteiger partial charge in [-0.2, -0.15) is 13.2 Å². The SMILES string of the molecule is CCC1C=CC(c2ccc(-c3cc(F)c(C4CCC(/C(F)=C/C(F)(F)F)CC4)c(F)c3)c(F)c2)CC1. The topological polar surface area (TPSA) is 0 Å². The lowest BCUT2D eigenvalue weighted by Gasteiger charge is -2.28. The van der Waals surface area contributed by atoms with E-state index in [0.717, 1.165) is 37.0 Å². The lowest BCUT2D eigenvalue weighted by molar-refractivity contribution is -0.0820. The number of alkyl halides is 3. The first-order chi connectivity index (χ1) is 17.1. The number of halogens is 7. The monoisotopic (exact) mass is 510 g/mol. The molecule has 0 bridgehead atoms. The van der Waals surface area contributed by atoms with Crippen molar-refractivity contribution in [1.29, 1.82) is 0 Å². The van der Waals surface area contributed by atoms with Crippen LogP contribution < -0.4 is 0 Å². The molecule has 2 atom stereocenters. The van der Waals surface area contributed by atoms with E-state index in [4.69, 9.17) is 0 Å². The van der Waals surface area contributed by atoms with Crippen LogP contribution in [0.1, 0.15) is 74.8 Å². The van der Waals surface area contributed by atoms with Gasteiger partial charge in [0.15, 0.2) is 0 Å². The fourth-order valence-electron chi connectivity index (χ4n) is 5.55. The van der Waals surface area contributed by atoms with Crippen LogP contribution in [0.3, 0.4) is 0 Å². The molecule has 2 aromatic rings. The predicted molar refractivity (Wildman–Crippen MR) is 127 cm³/mol. The Kier molecular flexibility index (Phi) is 7.96. The Morgan fingerprint density at radius 1 is 0.861 bits per heavy atom. The Hall–Kier alpha value is -2.57. The van der Waals surface area contributed by atoms with E-state index in [-0.39, 0.29) is 54.4 Å². The first-order valence-electron chi connectivity index (χ1n) is 12.5. The maximum Gasteiger partial charge on any atom is 0.412 e. The molecule has 0 aromatic heterocycles. The molecule has 2 aliphatic rings. The van der Waals surface area contributed by atoms with Crippen molar-refractivity contribution in [2.45, 2.75) is 69.9 Å². The molecule has 1 saturated carbocycles. The van der Waals surface area contributed by atoms with Crippen molar-refractivity contribution in [3.63, 3.8) is 0 Å². The lowest BCUT2D eigenvalue weighted by Crippen LogP contribution is -2.17. The van der Waals surface area contributed by atoms with Crippen LogP contribution in [0.4, 0.5) is 30.7 Å². The number of rotatable bonds is 5. The third-order valence-electron chi connectivity index (χ3n) is 7.63. The van der Waals surface area contributed by atoms with E-state index < -0.39 is 41.3 Å². The van der Waals surface area contributed by atoms with Gasteiger partial charge in [0.05, 0.1) is 6.08 Å². The molecule has 2 unspecified atom stereocenters. The zero-order chi connectivity index (χ0) is 26.0. The number of allylic oxidation sites excluding steroid dienone is 4. The van der Waals surface area contributed by atoms with Crippen molar-refractivity contribution < 1.29 is 30.7 Å². The Morgan fingerprint density at radius 3 is 2.06 bits per heavy atom. The summed E-state index contributed by atoms with van der Waals surface area (Å²) in [6, 6.07) is 6.94. The molecule has 0 heterocycles. The van der Waals surface area contributed by atoms with Crippen LogP contribution in [0, 0.1) is 29.3 Å². The zero-order valence-corrected chi connectivity index (χ0v) is 20.0. The number of hydrogen-bond donors (Lipinski definition) is 0. The van der Waals surface area contributed by atoms with Crippen molar-refractivity contribution in [2.75, 3.05) is 0 Å². The summed E-state index contributed by atoms with van der Waals surface area (Å²) in [6.45, 7) is 2.13. The second-order valence-corrected chi connectivity index (χ2v) is 9.95. The highest BCUT2D eigenvalue weighted by molar-refractivity contribution is 5.65. The minimum atomic E-state index is -4.74. The molecule has 7 heteroatoms. The lowest BCUT2D eigenvalue weighted by atomic mass is 9.77. The fourth-order valence-corrected chi connectivity index (χ4v) is 5.55. The summed E-state index contributed by atoms with van der Waals surface area (Å²) in [7, 11) is 0. The van der Waals surface area contributed by atoms with E-state index in [1.807, 2.05) is 0 Å². The quantitative estimate of drug-likeness (QED) is 0.277. The second kappa shape index (κ2) is 10.8. The number of hydrogen-bond acceptors (Lipinski definition) is 0. The van der Waals surface area contributed by atoms with Gasteiger partial charge < -0.3 is 0 Å². The maximum absolute atomic E-state index is 15.0. The van der Waals surface area contributed by atoms with Crippen LogP contribution in [-0.4, -0.2) is 6.18 Å². The van der Waals surface area contributed by atoms with Gasteiger partial charge in [0, 0.05) is 23.0 Å². The normalized spacial score (nSPS) is 25.3. The van der Waals surface area contributed by atoms with Gasteiger partial charge in [-0.1, -0.05) is 31.2 Å². The van der Waals surface area contributed by atoms with Crippen LogP contribution in [0.2, 0.25) is 0 Å². The van der Waals surface area contributed by atoms with Gasteiger partial charge in [-0.25, -0.2) is 17.6 Å². The molecular weight excluding hydrogens is 481 g/mol. The van der Waals surface area contributed by atoms with E-state index in [0.29, 0.717) is 5.92 Å². The molecule has 0 aliphatic heterocycles. The summed E-state index contributed by atoms with van der Waals surface area (Å²) in [5.74, 6) is -4.30. The Morgan fingerprint density at radius 2 is 1.53 bits per heavy atom. The van der Waals surface area contributed by atoms with Crippen molar-refractivity contribution >= 4 is 0 Å². The Bertz CT molecular complexity index is 1110. The van der Waals surface area contributed by atoms with Crippen LogP contribution in [0.5, 0.6) is 0 Å². The summed E-state index contributed by atoms with van der Waals surface area (Å²) >= 11 is 0. The molecule has 0 amide bonds. The highest BCUT2D eigenvalue weighted by atomic mass is 19.4. The van der Waals surface area contributed by atoms with Gasteiger partial charge in [-0.3, -0.25) is 0 Å². The molecule has 0 spiro atoms. The third kappa shape index (κ3) is 6.04. The number of benzene rings is 2. The molecule has 0 saturated heterocycles. The predicted octanol–water partition coefficient (Wildman–Crippen LogP) is 9.92. The van der Waals surface area contributed by atoms with Gasteiger partial charge in [-0.05, 0) is 86.1 Å². The van der Waals surface area contributed by atoms with Gasteiger partial charge in [-0.15, -0.1) is 0 Å². The van der Waals surface area contributed by atoms with E-state index in [1.165, 1.54) is 6.07 Å². The van der Waals surface area contributed by atoms with Crippen LogP contribution in [0.15, 0.2) is 54.4 Å². The van der Waals surface area contributed by atoms with E-state index in [9.17, 15) is 22.0 Å². The molecule has 1 fully saturated rings. The first-order valence-corrected chi connectivity index (χ1v) is 12.5. The molecule has 2 aromatic carbocycles. The second-order valence-electron chi connectivity index (χ2n) is 9.95. The largest absolute Gasteiger partial charge is 0.412 e. The fraction of sp³-hybridized carbons (Fsp3) is 0.448. The van der Waals surface area contributed by atoms with Crippen LogP contribution >= 0.6 is 0 Å². The van der Waals surface area contributed by atoms with Crippen molar-refractivity contribution in [2.24, 2.45) is 11.8 Å². The van der Waals surface area contributed by atoms with Gasteiger partial charge in [0.1, 0.15) is 23.3 Å². The Labute approximate surface area is 206 Å². The summed E-state index contributed by atoms with van der Waals surface area (Å²) in [6.07, 6.45) is 2.64. The van der Waals surface area contributed by atoms with Crippen molar-refractivity contribution in [1.82, 2.24) is 0 Å². The van der Waals surface area contributed by atoms with Gasteiger partial charge in [0.2, 0.25) is 0 Å². The van der Waals surface area contributed by atoms with E-state index in [1.54, 1.807) is 12.1 Å². The van der Waals surface area contributed by atoms with Crippen molar-refractivity contribution in [3.05, 3.63) is 83.0 Å². The first kappa shape index (κ1) is 26.5. The van der Waals surface area contributed by atoms with Gasteiger partial charge >= 0.3 is 6.18 Å². The average Bonchev–Trinajstić information content (AvgIpc) is 2.83. The summed E-state index contributed by atoms with van der Waals surface area (Å²) in [5, 5.41) is 0. The van der Waals surface area contributed by atoms with Crippen LogP contribution in [-0.2, 0) is 0 Å². The highest BCUT2D eigenvalue weighted by Crippen LogP contribution is 2.42. The highest BCUT2D eigenvalue weighted by Gasteiger charge is 2.32. The molecule has 4 rings (SSSR count). The minimum absolute atomic E-state index is 0.0639. The van der Waals surface area contributed by atoms with E-state index in [2.05, 4.69) is 19.1 Å². The molecule has 0 nitrogen and oxygen atoms in total. The molecular formula is C29H29F7. The summed E-state index contributed by atoms with van der Waals surface area (Å²) in [4.78, 5) is 0. The van der Waals surface area contributed by atoms with Gasteiger partial charge in [0.25, 0.3) is 0 Å². The average molecular weight is 511 g/mol. The molecule has 36 heavy (non-hydrogen) atoms. The molecule has 0 radical (unpaired) electrons. The summed E-state index contributed by atoms with van der Waals surface area (Å²) < 4.78 is 96.2. The standard InChI is InChI=1S/C29H29F7/c1-2-17-3-5-18(6-4-17)21-11-12-23(24(30)13-21)22-14-25(31)28(26(32)15-22)20-9-7-19(8-10-20)27(33)16-29(34,35)36/h3,5,11-20H,2,4,6-10H2,1H3/b27-16-. The minimum Gasteiger partial charge on any atom is -0.212 e. The van der Waals surface area contributed by atoms with Crippen LogP contribution in [0.25, 0.3) is 11.1 Å². The zero-order valence-electron chi connectivity index (χ0n) is 20.0.